The third kappa shape index (κ3) is 2.77. The van der Waals surface area contributed by atoms with Gasteiger partial charge < -0.3 is 15.3 Å². The monoisotopic (exact) mass is 378 g/mol. The van der Waals surface area contributed by atoms with E-state index in [-0.39, 0.29) is 22.6 Å². The lowest BCUT2D eigenvalue weighted by atomic mass is 9.90. The summed E-state index contributed by atoms with van der Waals surface area (Å²) >= 11 is 0. The van der Waals surface area contributed by atoms with Crippen molar-refractivity contribution in [3.63, 3.8) is 0 Å². The van der Waals surface area contributed by atoms with Crippen molar-refractivity contribution in [1.82, 2.24) is 0 Å². The molecule has 0 atom stereocenters. The van der Waals surface area contributed by atoms with E-state index in [9.17, 15) is 15.3 Å². The van der Waals surface area contributed by atoms with Crippen molar-refractivity contribution >= 4 is 21.5 Å². The van der Waals surface area contributed by atoms with E-state index in [1.54, 1.807) is 30.3 Å². The second-order valence-electron chi connectivity index (χ2n) is 8.66. The summed E-state index contributed by atoms with van der Waals surface area (Å²) in [4.78, 5) is 9.90. The Balaban J connectivity index is 2.15. The Hall–Kier alpha value is -2.82. The Kier molecular flexibility index (Phi) is 4.21. The fourth-order valence-electron chi connectivity index (χ4n) is 4.51. The van der Waals surface area contributed by atoms with Crippen LogP contribution in [0.2, 0.25) is 0 Å². The number of aromatic hydroxyl groups is 3. The average Bonchev–Trinajstić information content (AvgIpc) is 2.94. The maximum atomic E-state index is 11.0. The molecule has 0 aliphatic carbocycles. The number of nitrogens with zero attached hydrogens (tertiary/aromatic N) is 2. The van der Waals surface area contributed by atoms with E-state index >= 15 is 0 Å². The second kappa shape index (κ2) is 6.36. The molecule has 4 rings (SSSR count). The molecule has 146 valence electrons. The van der Waals surface area contributed by atoms with Crippen LogP contribution in [-0.4, -0.2) is 21.0 Å². The van der Waals surface area contributed by atoms with Crippen LogP contribution in [-0.2, 0) is 0 Å². The van der Waals surface area contributed by atoms with Gasteiger partial charge in [-0.25, -0.2) is 0 Å². The molecule has 3 aromatic rings. The van der Waals surface area contributed by atoms with Gasteiger partial charge in [-0.1, -0.05) is 52.0 Å². The summed E-state index contributed by atoms with van der Waals surface area (Å²) in [5.74, 6) is 0.645. The highest BCUT2D eigenvalue weighted by molar-refractivity contribution is 6.12. The maximum absolute atomic E-state index is 11.0. The molecule has 1 heterocycles. The number of rotatable bonds is 4. The standard InChI is InChI=1S/C23H26N2O3/c1-12(2)10-23(11-13(3)4)24-16-9-17(26)18-19(20(16)25-23)22(28)15-8-6-5-7-14(15)21(18)27/h5-9,12-13,26-28H,10-11H2,1-4H3. The van der Waals surface area contributed by atoms with Gasteiger partial charge in [0.1, 0.15) is 17.2 Å². The first-order valence-corrected chi connectivity index (χ1v) is 9.80. The Morgan fingerprint density at radius 1 is 0.821 bits per heavy atom. The highest BCUT2D eigenvalue weighted by Gasteiger charge is 2.34. The van der Waals surface area contributed by atoms with Gasteiger partial charge in [-0.05, 0) is 24.7 Å². The normalized spacial score (nSPS) is 15.2. The van der Waals surface area contributed by atoms with Crippen LogP contribution in [0, 0.1) is 11.8 Å². The van der Waals surface area contributed by atoms with Gasteiger partial charge in [0.15, 0.2) is 5.66 Å². The largest absolute Gasteiger partial charge is 0.507 e. The molecule has 0 saturated heterocycles. The van der Waals surface area contributed by atoms with Crippen molar-refractivity contribution in [3.05, 3.63) is 41.0 Å². The second-order valence-corrected chi connectivity index (χ2v) is 8.66. The Labute approximate surface area is 163 Å². The van der Waals surface area contributed by atoms with Gasteiger partial charge in [0, 0.05) is 16.8 Å². The summed E-state index contributed by atoms with van der Waals surface area (Å²) in [5.41, 5.74) is -0.612. The van der Waals surface area contributed by atoms with Crippen LogP contribution in [0.5, 0.6) is 17.2 Å². The zero-order valence-electron chi connectivity index (χ0n) is 16.7. The highest BCUT2D eigenvalue weighted by Crippen LogP contribution is 2.43. The van der Waals surface area contributed by atoms with Crippen molar-refractivity contribution < 1.29 is 15.3 Å². The molecule has 1 aliphatic heterocycles. The molecule has 3 N–H and O–H groups in total. The van der Waals surface area contributed by atoms with Crippen LogP contribution in [0.3, 0.4) is 0 Å². The van der Waals surface area contributed by atoms with Crippen LogP contribution in [0.15, 0.2) is 40.3 Å². The first-order chi connectivity index (χ1) is 13.2. The molecule has 0 bridgehead atoms. The quantitative estimate of drug-likeness (QED) is 0.471. The lowest BCUT2D eigenvalue weighted by Gasteiger charge is -2.27. The van der Waals surface area contributed by atoms with E-state index in [2.05, 4.69) is 27.7 Å². The zero-order chi connectivity index (χ0) is 20.2. The van der Waals surface area contributed by atoms with Gasteiger partial charge >= 0.3 is 0 Å². The van der Waals surface area contributed by atoms with Crippen LogP contribution in [0.25, 0.3) is 21.5 Å². The fourth-order valence-corrected chi connectivity index (χ4v) is 4.51. The summed E-state index contributed by atoms with van der Waals surface area (Å²) in [6.45, 7) is 8.57. The maximum Gasteiger partial charge on any atom is 0.152 e. The average molecular weight is 378 g/mol. The van der Waals surface area contributed by atoms with Crippen molar-refractivity contribution in [2.75, 3.05) is 0 Å². The lowest BCUT2D eigenvalue weighted by Crippen LogP contribution is -2.27. The van der Waals surface area contributed by atoms with Crippen LogP contribution in [0.4, 0.5) is 0 Å². The van der Waals surface area contributed by atoms with Crippen molar-refractivity contribution in [2.24, 2.45) is 21.8 Å². The molecule has 0 fully saturated rings. The van der Waals surface area contributed by atoms with E-state index in [0.29, 0.717) is 38.7 Å². The summed E-state index contributed by atoms with van der Waals surface area (Å²) < 4.78 is 0. The SMILES string of the molecule is CC(C)CC1(CC(C)C)N=c2cc(O)c3c(O)c4ccccc4c(O)c3c2=N1. The molecule has 0 aromatic heterocycles. The minimum atomic E-state index is -0.612. The summed E-state index contributed by atoms with van der Waals surface area (Å²) in [7, 11) is 0. The van der Waals surface area contributed by atoms with Crippen LogP contribution in [0.1, 0.15) is 40.5 Å². The molecule has 0 radical (unpaired) electrons. The summed E-state index contributed by atoms with van der Waals surface area (Å²) in [5, 5.41) is 35.2. The first kappa shape index (κ1) is 18.5. The van der Waals surface area contributed by atoms with Crippen LogP contribution < -0.4 is 10.7 Å². The van der Waals surface area contributed by atoms with Gasteiger partial charge in [-0.2, -0.15) is 0 Å². The van der Waals surface area contributed by atoms with Gasteiger partial charge in [-0.15, -0.1) is 0 Å². The van der Waals surface area contributed by atoms with Gasteiger partial charge in [0.05, 0.1) is 21.5 Å². The zero-order valence-corrected chi connectivity index (χ0v) is 16.7. The Morgan fingerprint density at radius 2 is 1.36 bits per heavy atom. The van der Waals surface area contributed by atoms with Gasteiger partial charge in [0.25, 0.3) is 0 Å². The van der Waals surface area contributed by atoms with E-state index in [1.165, 1.54) is 0 Å². The smallest absolute Gasteiger partial charge is 0.152 e. The predicted molar refractivity (Wildman–Crippen MR) is 110 cm³/mol. The molecule has 0 spiro atoms. The third-order valence-corrected chi connectivity index (χ3v) is 5.29. The van der Waals surface area contributed by atoms with E-state index in [1.807, 2.05) is 0 Å². The molecule has 5 nitrogen and oxygen atoms in total. The summed E-state index contributed by atoms with van der Waals surface area (Å²) in [6.07, 6.45) is 1.56. The molecule has 1 aliphatic rings. The van der Waals surface area contributed by atoms with E-state index < -0.39 is 5.66 Å². The molecular weight excluding hydrogens is 352 g/mol. The third-order valence-electron chi connectivity index (χ3n) is 5.29. The fraction of sp³-hybridized carbons (Fsp3) is 0.391. The molecular formula is C23H26N2O3. The predicted octanol–water partition coefficient (Wildman–Crippen LogP) is 4.15. The number of hydrogen-bond acceptors (Lipinski definition) is 5. The summed E-state index contributed by atoms with van der Waals surface area (Å²) in [6, 6.07) is 8.62. The Morgan fingerprint density at radius 3 is 1.89 bits per heavy atom. The highest BCUT2D eigenvalue weighted by atomic mass is 16.3. The lowest BCUT2D eigenvalue weighted by molar-refractivity contribution is 0.296. The minimum absolute atomic E-state index is 0.0133. The topological polar surface area (TPSA) is 85.4 Å². The molecule has 0 saturated carbocycles. The number of hydrogen-bond donors (Lipinski definition) is 3. The number of phenols is 3. The van der Waals surface area contributed by atoms with E-state index in [0.717, 1.165) is 12.8 Å². The molecule has 0 unspecified atom stereocenters. The number of benzene rings is 3. The van der Waals surface area contributed by atoms with Crippen molar-refractivity contribution in [3.8, 4) is 17.2 Å². The van der Waals surface area contributed by atoms with E-state index in [4.69, 9.17) is 9.98 Å². The van der Waals surface area contributed by atoms with Gasteiger partial charge in [0.2, 0.25) is 0 Å². The number of fused-ring (bicyclic) bond motifs is 4. The molecule has 28 heavy (non-hydrogen) atoms. The van der Waals surface area contributed by atoms with Crippen LogP contribution >= 0.6 is 0 Å². The minimum Gasteiger partial charge on any atom is -0.507 e. The molecule has 3 aromatic carbocycles. The molecule has 0 amide bonds. The Bertz CT molecular complexity index is 1200. The number of phenolic OH excluding ortho intramolecular Hbond substituents is 3. The van der Waals surface area contributed by atoms with Crippen molar-refractivity contribution in [1.29, 1.82) is 0 Å². The van der Waals surface area contributed by atoms with Crippen molar-refractivity contribution in [2.45, 2.75) is 46.2 Å². The van der Waals surface area contributed by atoms with Gasteiger partial charge in [-0.3, -0.25) is 9.98 Å². The molecule has 5 heteroatoms. The first-order valence-electron chi connectivity index (χ1n) is 9.80.